The highest BCUT2D eigenvalue weighted by molar-refractivity contribution is 5.79. The third kappa shape index (κ3) is 6.60. The number of benzene rings is 1. The zero-order chi connectivity index (χ0) is 26.6. The largest absolute Gasteiger partial charge is 0.376 e. The van der Waals surface area contributed by atoms with Crippen LogP contribution in [-0.2, 0) is 25.4 Å². The lowest BCUT2D eigenvalue weighted by Crippen LogP contribution is -2.44. The molecule has 1 atom stereocenters. The summed E-state index contributed by atoms with van der Waals surface area (Å²) in [6.07, 6.45) is 6.09. The van der Waals surface area contributed by atoms with Crippen molar-refractivity contribution in [1.82, 2.24) is 25.3 Å². The van der Waals surface area contributed by atoms with Crippen molar-refractivity contribution in [2.75, 3.05) is 38.2 Å². The van der Waals surface area contributed by atoms with E-state index in [0.717, 1.165) is 31.6 Å². The maximum Gasteiger partial charge on any atom is 0.227 e. The summed E-state index contributed by atoms with van der Waals surface area (Å²) < 4.78 is 31.0. The van der Waals surface area contributed by atoms with Crippen LogP contribution in [0.15, 0.2) is 36.5 Å². The molecule has 1 aliphatic carbocycles. The zero-order valence-electron chi connectivity index (χ0n) is 21.7. The molecule has 1 unspecified atom stereocenters. The fourth-order valence-corrected chi connectivity index (χ4v) is 4.80. The molecule has 1 saturated carbocycles. The quantitative estimate of drug-likeness (QED) is 0.361. The van der Waals surface area contributed by atoms with Gasteiger partial charge in [-0.1, -0.05) is 0 Å². The van der Waals surface area contributed by atoms with Crippen molar-refractivity contribution in [3.05, 3.63) is 48.2 Å². The minimum absolute atomic E-state index is 0.0855. The van der Waals surface area contributed by atoms with E-state index in [0.29, 0.717) is 47.7 Å². The van der Waals surface area contributed by atoms with Crippen molar-refractivity contribution in [2.45, 2.75) is 44.5 Å². The molecular weight excluding hydrogens is 503 g/mol. The summed E-state index contributed by atoms with van der Waals surface area (Å²) >= 11 is 0. The molecule has 206 valence electrons. The van der Waals surface area contributed by atoms with Crippen LogP contribution < -0.4 is 10.6 Å². The number of amides is 1. The Kier molecular flexibility index (Phi) is 7.80. The van der Waals surface area contributed by atoms with Gasteiger partial charge in [0.1, 0.15) is 11.6 Å². The first-order valence-electron chi connectivity index (χ1n) is 13.7. The number of H-pyrrole nitrogens is 1. The van der Waals surface area contributed by atoms with E-state index < -0.39 is 6.29 Å². The Bertz CT molecular complexity index is 1270. The van der Waals surface area contributed by atoms with Gasteiger partial charge < -0.3 is 29.8 Å². The number of imidazole rings is 1. The van der Waals surface area contributed by atoms with Crippen LogP contribution in [0.25, 0.3) is 22.6 Å². The topological polar surface area (TPSA) is 123 Å². The number of nitrogens with one attached hydrogen (secondary N) is 3. The van der Waals surface area contributed by atoms with Crippen molar-refractivity contribution in [1.29, 1.82) is 0 Å². The normalized spacial score (nSPS) is 23.1. The molecule has 1 aromatic carbocycles. The van der Waals surface area contributed by atoms with Gasteiger partial charge in [0.2, 0.25) is 11.9 Å². The van der Waals surface area contributed by atoms with Crippen molar-refractivity contribution in [3.63, 3.8) is 0 Å². The molecule has 0 spiro atoms. The Balaban J connectivity index is 1.13. The van der Waals surface area contributed by atoms with Crippen molar-refractivity contribution < 1.29 is 23.4 Å². The fraction of sp³-hybridized carbons (Fsp3) is 0.500. The van der Waals surface area contributed by atoms with Gasteiger partial charge >= 0.3 is 0 Å². The Morgan fingerprint density at radius 1 is 1.03 bits per heavy atom. The molecule has 10 nitrogen and oxygen atoms in total. The highest BCUT2D eigenvalue weighted by atomic mass is 19.1. The van der Waals surface area contributed by atoms with E-state index in [1.54, 1.807) is 18.3 Å². The van der Waals surface area contributed by atoms with E-state index in [4.69, 9.17) is 24.2 Å². The van der Waals surface area contributed by atoms with Gasteiger partial charge in [-0.05, 0) is 61.9 Å². The van der Waals surface area contributed by atoms with Crippen molar-refractivity contribution in [2.24, 2.45) is 11.8 Å². The van der Waals surface area contributed by atoms with E-state index in [9.17, 15) is 9.18 Å². The molecule has 3 fully saturated rings. The lowest BCUT2D eigenvalue weighted by Gasteiger charge is -2.28. The summed E-state index contributed by atoms with van der Waals surface area (Å²) in [7, 11) is 0. The summed E-state index contributed by atoms with van der Waals surface area (Å²) in [4.78, 5) is 29.8. The number of nitrogens with zero attached hydrogens (tertiary/aromatic N) is 3. The number of halogens is 1. The smallest absolute Gasteiger partial charge is 0.227 e. The van der Waals surface area contributed by atoms with Crippen LogP contribution in [0, 0.1) is 17.7 Å². The molecule has 1 amide bonds. The van der Waals surface area contributed by atoms with E-state index >= 15 is 0 Å². The number of ether oxygens (including phenoxy) is 3. The lowest BCUT2D eigenvalue weighted by molar-refractivity contribution is -0.201. The van der Waals surface area contributed by atoms with Gasteiger partial charge in [-0.3, -0.25) is 4.79 Å². The average molecular weight is 537 g/mol. The Labute approximate surface area is 226 Å². The Morgan fingerprint density at radius 2 is 1.85 bits per heavy atom. The van der Waals surface area contributed by atoms with Gasteiger partial charge in [0, 0.05) is 31.5 Å². The summed E-state index contributed by atoms with van der Waals surface area (Å²) in [5.41, 5.74) is 2.79. The number of aromatic amines is 1. The molecule has 6 rings (SSSR count). The standard InChI is InChI=1S/C28H33FN6O4/c29-20-7-5-18(6-8-20)25-26(22-9-10-30-28(33-22)32-13-17-3-4-17)35-23(34-25)12-24-38-15-19(16-39-24)27(36)31-14-21-2-1-11-37-21/h5-10,17,19,21,24H,1-4,11-16H2,(H,31,36)(H,34,35)(H,30,32,33). The molecule has 4 heterocycles. The number of anilines is 1. The first-order chi connectivity index (χ1) is 19.1. The van der Waals surface area contributed by atoms with Crippen LogP contribution in [0.3, 0.4) is 0 Å². The van der Waals surface area contributed by atoms with Crippen molar-refractivity contribution in [3.8, 4) is 22.6 Å². The minimum atomic E-state index is -0.548. The molecule has 0 bridgehead atoms. The number of aromatic nitrogens is 4. The molecule has 2 aliphatic heterocycles. The van der Waals surface area contributed by atoms with Gasteiger partial charge in [0.15, 0.2) is 6.29 Å². The Morgan fingerprint density at radius 3 is 2.59 bits per heavy atom. The minimum Gasteiger partial charge on any atom is -0.376 e. The molecule has 0 radical (unpaired) electrons. The van der Waals surface area contributed by atoms with Gasteiger partial charge in [0.25, 0.3) is 0 Å². The summed E-state index contributed by atoms with van der Waals surface area (Å²) in [5.74, 6) is 1.12. The predicted octanol–water partition coefficient (Wildman–Crippen LogP) is 3.32. The molecule has 3 N–H and O–H groups in total. The second kappa shape index (κ2) is 11.8. The number of hydrogen-bond donors (Lipinski definition) is 3. The van der Waals surface area contributed by atoms with Crippen LogP contribution >= 0.6 is 0 Å². The molecule has 2 saturated heterocycles. The molecule has 11 heteroatoms. The van der Waals surface area contributed by atoms with Gasteiger partial charge in [-0.2, -0.15) is 0 Å². The second-order valence-corrected chi connectivity index (χ2v) is 10.4. The summed E-state index contributed by atoms with van der Waals surface area (Å²) in [6, 6.07) is 8.03. The van der Waals surface area contributed by atoms with E-state index in [2.05, 4.69) is 20.6 Å². The molecule has 3 aliphatic rings. The lowest BCUT2D eigenvalue weighted by atomic mass is 10.1. The molecular formula is C28H33FN6O4. The fourth-order valence-electron chi connectivity index (χ4n) is 4.80. The van der Waals surface area contributed by atoms with Crippen LogP contribution in [0.1, 0.15) is 31.5 Å². The van der Waals surface area contributed by atoms with Gasteiger partial charge in [0.05, 0.1) is 48.7 Å². The van der Waals surface area contributed by atoms with Crippen LogP contribution in [-0.4, -0.2) is 71.1 Å². The molecule has 39 heavy (non-hydrogen) atoms. The number of hydrogen-bond acceptors (Lipinski definition) is 8. The zero-order valence-corrected chi connectivity index (χ0v) is 21.7. The van der Waals surface area contributed by atoms with Crippen LogP contribution in [0.5, 0.6) is 0 Å². The number of carbonyl (C=O) groups excluding carboxylic acids is 1. The maximum atomic E-state index is 13.6. The van der Waals surface area contributed by atoms with Gasteiger partial charge in [-0.25, -0.2) is 19.3 Å². The van der Waals surface area contributed by atoms with Crippen LogP contribution in [0.2, 0.25) is 0 Å². The SMILES string of the molecule is O=C(NCC1CCCO1)C1COC(Cc2nc(-c3ccc(F)cc3)c(-c3ccnc(NCC4CC4)n3)[nH]2)OC1. The third-order valence-corrected chi connectivity index (χ3v) is 7.25. The highest BCUT2D eigenvalue weighted by Gasteiger charge is 2.30. The number of carbonyl (C=O) groups is 1. The first kappa shape index (κ1) is 25.8. The second-order valence-electron chi connectivity index (χ2n) is 10.4. The molecule has 3 aromatic rings. The van der Waals surface area contributed by atoms with Gasteiger partial charge in [-0.15, -0.1) is 0 Å². The monoisotopic (exact) mass is 536 g/mol. The van der Waals surface area contributed by atoms with E-state index in [1.165, 1.54) is 25.0 Å². The first-order valence-corrected chi connectivity index (χ1v) is 13.7. The van der Waals surface area contributed by atoms with Crippen molar-refractivity contribution >= 4 is 11.9 Å². The average Bonchev–Trinajstić information content (AvgIpc) is 3.46. The predicted molar refractivity (Wildman–Crippen MR) is 141 cm³/mol. The maximum absolute atomic E-state index is 13.6. The summed E-state index contributed by atoms with van der Waals surface area (Å²) in [6.45, 7) is 2.66. The van der Waals surface area contributed by atoms with E-state index in [-0.39, 0.29) is 37.0 Å². The van der Waals surface area contributed by atoms with Crippen LogP contribution in [0.4, 0.5) is 10.3 Å². The third-order valence-electron chi connectivity index (χ3n) is 7.25. The highest BCUT2D eigenvalue weighted by Crippen LogP contribution is 2.31. The molecule has 2 aromatic heterocycles. The van der Waals surface area contributed by atoms with E-state index in [1.807, 2.05) is 6.07 Å². The Hall–Kier alpha value is -3.41. The number of rotatable bonds is 10. The summed E-state index contributed by atoms with van der Waals surface area (Å²) in [5, 5.41) is 6.25.